The number of hydroxylamine groups is 2. The lowest BCUT2D eigenvalue weighted by atomic mass is 10.1. The molecule has 1 aliphatic carbocycles. The molecule has 18 heavy (non-hydrogen) atoms. The maximum absolute atomic E-state index is 6.54. The second kappa shape index (κ2) is 4.74. The first-order chi connectivity index (χ1) is 8.19. The molecule has 2 aliphatic heterocycles. The van der Waals surface area contributed by atoms with E-state index >= 15 is 0 Å². The van der Waals surface area contributed by atoms with Gasteiger partial charge in [0.15, 0.2) is 8.32 Å². The number of hydrogen-bond acceptors (Lipinski definition) is 3. The van der Waals surface area contributed by atoms with Crippen molar-refractivity contribution >= 4 is 8.32 Å². The van der Waals surface area contributed by atoms with Gasteiger partial charge in [-0.25, -0.2) is 0 Å². The van der Waals surface area contributed by atoms with Crippen LogP contribution in [0.15, 0.2) is 12.2 Å². The van der Waals surface area contributed by atoms with Gasteiger partial charge in [0.2, 0.25) is 0 Å². The quantitative estimate of drug-likeness (QED) is 0.567. The molecule has 3 aliphatic rings. The summed E-state index contributed by atoms with van der Waals surface area (Å²) in [4.78, 5) is 5.82. The van der Waals surface area contributed by atoms with E-state index in [0.717, 1.165) is 12.8 Å². The molecular weight excluding hydrogens is 242 g/mol. The van der Waals surface area contributed by atoms with Gasteiger partial charge >= 0.3 is 0 Å². The Labute approximate surface area is 112 Å². The highest BCUT2D eigenvalue weighted by atomic mass is 28.4. The molecule has 104 valence electrons. The third-order valence-electron chi connectivity index (χ3n) is 4.58. The lowest BCUT2D eigenvalue weighted by Gasteiger charge is -2.39. The summed E-state index contributed by atoms with van der Waals surface area (Å²) in [6.45, 7) is 11.6. The van der Waals surface area contributed by atoms with Crippen LogP contribution in [0.1, 0.15) is 33.6 Å². The Morgan fingerprint density at radius 2 is 1.89 bits per heavy atom. The molecule has 3 nitrogen and oxygen atoms in total. The van der Waals surface area contributed by atoms with Crippen molar-refractivity contribution in [3.05, 3.63) is 12.2 Å². The van der Waals surface area contributed by atoms with Gasteiger partial charge in [0.25, 0.3) is 0 Å². The molecule has 4 heteroatoms. The van der Waals surface area contributed by atoms with Crippen LogP contribution in [0.25, 0.3) is 0 Å². The van der Waals surface area contributed by atoms with Gasteiger partial charge < -0.3 is 4.43 Å². The molecule has 0 amide bonds. The maximum Gasteiger partial charge on any atom is 0.192 e. The number of rotatable bonds is 2. The minimum atomic E-state index is -1.67. The van der Waals surface area contributed by atoms with Gasteiger partial charge in [0.05, 0.1) is 12.1 Å². The fraction of sp³-hybridized carbons (Fsp3) is 0.857. The Morgan fingerprint density at radius 3 is 2.44 bits per heavy atom. The number of likely N-dealkylation sites (N-methyl/N-ethyl adjacent to an activating group) is 1. The van der Waals surface area contributed by atoms with Crippen LogP contribution in [0, 0.1) is 0 Å². The second-order valence-electron chi connectivity index (χ2n) is 7.11. The van der Waals surface area contributed by atoms with E-state index in [1.165, 1.54) is 0 Å². The molecule has 1 fully saturated rings. The van der Waals surface area contributed by atoms with Crippen molar-refractivity contribution in [2.24, 2.45) is 0 Å². The van der Waals surface area contributed by atoms with Gasteiger partial charge in [-0.1, -0.05) is 32.9 Å². The van der Waals surface area contributed by atoms with Crippen LogP contribution in [0.5, 0.6) is 0 Å². The normalized spacial score (nSPS) is 33.8. The summed E-state index contributed by atoms with van der Waals surface area (Å²) in [5.41, 5.74) is 0. The zero-order valence-electron chi connectivity index (χ0n) is 12.6. The molecule has 0 aromatic carbocycles. The number of hydrogen-bond donors (Lipinski definition) is 0. The molecule has 3 atom stereocenters. The van der Waals surface area contributed by atoms with Crippen LogP contribution in [0.4, 0.5) is 0 Å². The topological polar surface area (TPSA) is 21.7 Å². The molecule has 0 spiro atoms. The average molecular weight is 269 g/mol. The van der Waals surface area contributed by atoms with Crippen molar-refractivity contribution < 1.29 is 9.26 Å². The van der Waals surface area contributed by atoms with Crippen LogP contribution < -0.4 is 0 Å². The molecular formula is C14H27NO2Si. The summed E-state index contributed by atoms with van der Waals surface area (Å²) in [6.07, 6.45) is 7.03. The maximum atomic E-state index is 6.54. The first-order valence-corrected chi connectivity index (χ1v) is 9.85. The molecule has 2 heterocycles. The van der Waals surface area contributed by atoms with E-state index in [9.17, 15) is 0 Å². The molecule has 1 saturated heterocycles. The van der Waals surface area contributed by atoms with Crippen molar-refractivity contribution in [3.8, 4) is 0 Å². The Kier molecular flexibility index (Phi) is 3.76. The minimum Gasteiger partial charge on any atom is -0.414 e. The molecule has 3 rings (SSSR count). The third-order valence-corrected chi connectivity index (χ3v) is 9.12. The van der Waals surface area contributed by atoms with Crippen LogP contribution in [0.2, 0.25) is 18.1 Å². The van der Waals surface area contributed by atoms with E-state index in [1.807, 2.05) is 12.1 Å². The van der Waals surface area contributed by atoms with E-state index in [-0.39, 0.29) is 11.1 Å². The van der Waals surface area contributed by atoms with Gasteiger partial charge in [-0.2, -0.15) is 5.06 Å². The second-order valence-corrected chi connectivity index (χ2v) is 11.9. The summed E-state index contributed by atoms with van der Waals surface area (Å²) >= 11 is 0. The summed E-state index contributed by atoms with van der Waals surface area (Å²) in [6, 6.07) is 0.374. The SMILES string of the molecule is CN1O[C@H]2C=C[C@@H]1C[C@H](O[Si](C)(C)C(C)(C)C)C2. The fourth-order valence-electron chi connectivity index (χ4n) is 2.36. The predicted octanol–water partition coefficient (Wildman–Crippen LogP) is 3.34. The Balaban J connectivity index is 2.04. The van der Waals surface area contributed by atoms with Crippen LogP contribution in [0.3, 0.4) is 0 Å². The highest BCUT2D eigenvalue weighted by Gasteiger charge is 2.41. The standard InChI is InChI=1S/C14H27NO2Si/c1-14(2,3)18(5,6)17-13-9-11-7-8-12(10-13)16-15(11)4/h7-8,11-13H,9-10H2,1-6H3/t11-,12+,13+/m1/s1. The lowest BCUT2D eigenvalue weighted by Crippen LogP contribution is -2.44. The monoisotopic (exact) mass is 269 g/mol. The highest BCUT2D eigenvalue weighted by Crippen LogP contribution is 2.39. The van der Waals surface area contributed by atoms with Crippen molar-refractivity contribution in [1.82, 2.24) is 5.06 Å². The van der Waals surface area contributed by atoms with E-state index in [2.05, 4.69) is 46.0 Å². The van der Waals surface area contributed by atoms with Crippen LogP contribution in [-0.2, 0) is 9.26 Å². The largest absolute Gasteiger partial charge is 0.414 e. The van der Waals surface area contributed by atoms with Crippen molar-refractivity contribution in [2.75, 3.05) is 7.05 Å². The van der Waals surface area contributed by atoms with Gasteiger partial charge in [-0.05, 0) is 24.6 Å². The predicted molar refractivity (Wildman–Crippen MR) is 76.9 cm³/mol. The first kappa shape index (κ1) is 14.3. The summed E-state index contributed by atoms with van der Waals surface area (Å²) in [5.74, 6) is 0. The Bertz CT molecular complexity index is 335. The van der Waals surface area contributed by atoms with Crippen LogP contribution in [-0.4, -0.2) is 38.7 Å². The summed E-state index contributed by atoms with van der Waals surface area (Å²) in [7, 11) is 0.354. The smallest absolute Gasteiger partial charge is 0.192 e. The molecule has 0 saturated carbocycles. The fourth-order valence-corrected chi connectivity index (χ4v) is 3.74. The van der Waals surface area contributed by atoms with E-state index in [4.69, 9.17) is 9.26 Å². The average Bonchev–Trinajstić information content (AvgIpc) is 2.44. The van der Waals surface area contributed by atoms with Crippen molar-refractivity contribution in [1.29, 1.82) is 0 Å². The first-order valence-electron chi connectivity index (χ1n) is 6.95. The van der Waals surface area contributed by atoms with Gasteiger partial charge in [-0.15, -0.1) is 0 Å². The molecule has 0 aromatic rings. The highest BCUT2D eigenvalue weighted by molar-refractivity contribution is 6.74. The van der Waals surface area contributed by atoms with Gasteiger partial charge in [0.1, 0.15) is 0 Å². The van der Waals surface area contributed by atoms with Gasteiger partial charge in [0, 0.05) is 19.6 Å². The minimum absolute atomic E-state index is 0.198. The zero-order chi connectivity index (χ0) is 13.6. The van der Waals surface area contributed by atoms with E-state index < -0.39 is 8.32 Å². The lowest BCUT2D eigenvalue weighted by molar-refractivity contribution is -0.182. The number of fused-ring (bicyclic) bond motifs is 3. The Hall–Kier alpha value is -0.163. The number of nitrogens with zero attached hydrogens (tertiary/aromatic N) is 1. The molecule has 0 aromatic heterocycles. The Morgan fingerprint density at radius 1 is 1.22 bits per heavy atom. The molecule has 0 unspecified atom stereocenters. The third kappa shape index (κ3) is 2.87. The van der Waals surface area contributed by atoms with Crippen molar-refractivity contribution in [3.63, 3.8) is 0 Å². The zero-order valence-corrected chi connectivity index (χ0v) is 13.6. The van der Waals surface area contributed by atoms with E-state index in [1.54, 1.807) is 0 Å². The molecule has 2 bridgehead atoms. The summed E-state index contributed by atoms with van der Waals surface area (Å²) in [5, 5.41) is 2.26. The molecule has 0 N–H and O–H groups in total. The van der Waals surface area contributed by atoms with Crippen molar-refractivity contribution in [2.45, 2.75) is 70.0 Å². The summed E-state index contributed by atoms with van der Waals surface area (Å²) < 4.78 is 6.54. The van der Waals surface area contributed by atoms with Crippen LogP contribution >= 0.6 is 0 Å². The van der Waals surface area contributed by atoms with E-state index in [0.29, 0.717) is 12.1 Å². The molecule has 0 radical (unpaired) electrons. The van der Waals surface area contributed by atoms with Gasteiger partial charge in [-0.3, -0.25) is 4.84 Å².